The number of rotatable bonds is 7. The Labute approximate surface area is 403 Å². The van der Waals surface area contributed by atoms with Crippen LogP contribution in [0.5, 0.6) is 0 Å². The second kappa shape index (κ2) is 16.0. The molecule has 0 spiro atoms. The predicted octanol–water partition coefficient (Wildman–Crippen LogP) is 19.1. The molecule has 0 saturated carbocycles. The number of hydrogen-bond donors (Lipinski definition) is 0. The van der Waals surface area contributed by atoms with Crippen LogP contribution < -0.4 is 4.90 Å². The Hall–Kier alpha value is -8.76. The van der Waals surface area contributed by atoms with Gasteiger partial charge >= 0.3 is 0 Å². The van der Waals surface area contributed by atoms with Gasteiger partial charge in [0.05, 0.1) is 11.0 Å². The van der Waals surface area contributed by atoms with Crippen molar-refractivity contribution in [1.82, 2.24) is 4.57 Å². The first-order chi connectivity index (χ1) is 34.2. The molecule has 0 fully saturated rings. The van der Waals surface area contributed by atoms with E-state index < -0.39 is 0 Å². The second-order valence-corrected chi connectivity index (χ2v) is 19.2. The fourth-order valence-electron chi connectivity index (χ4n) is 10.8. The Balaban J connectivity index is 0.855. The Morgan fingerprint density at radius 1 is 0.275 bits per heavy atom. The molecule has 12 aromatic carbocycles. The molecule has 69 heavy (non-hydrogen) atoms. The normalized spacial score (nSPS) is 11.8. The van der Waals surface area contributed by atoms with E-state index >= 15 is 0 Å². The maximum Gasteiger partial charge on any atom is 0.0619 e. The average Bonchev–Trinajstić information content (AvgIpc) is 3.97. The number of fused-ring (bicyclic) bond motifs is 11. The van der Waals surface area contributed by atoms with Gasteiger partial charge in [0.25, 0.3) is 0 Å². The quantitative estimate of drug-likeness (QED) is 0.145. The standard InChI is InChI=1S/C66H42N2S/c1-2-12-52(13-3-1)68-63-42-50(28-37-59(63)61-38-26-47-11-5-7-15-58(47)66(61)68)45-24-34-55(35-25-45)67(54-32-22-44(23-33-54)49-29-39-65-62(41-49)60-16-8-9-17-64(60)69-65)53-30-20-43(21-31-53)48-27-36-57-51(40-48)19-18-46-10-4-6-14-56(46)57/h1-42H. The number of benzene rings is 12. The van der Waals surface area contributed by atoms with Crippen LogP contribution in [0.1, 0.15) is 0 Å². The minimum atomic E-state index is 1.09. The lowest BCUT2D eigenvalue weighted by atomic mass is 9.97. The zero-order chi connectivity index (χ0) is 45.4. The van der Waals surface area contributed by atoms with Gasteiger partial charge in [-0.1, -0.05) is 176 Å². The van der Waals surface area contributed by atoms with Crippen molar-refractivity contribution in [2.24, 2.45) is 0 Å². The van der Waals surface area contributed by atoms with E-state index in [1.807, 2.05) is 11.3 Å². The molecular weight excluding hydrogens is 853 g/mol. The number of hydrogen-bond acceptors (Lipinski definition) is 2. The molecule has 0 N–H and O–H groups in total. The van der Waals surface area contributed by atoms with Crippen LogP contribution in [0, 0.1) is 0 Å². The fourth-order valence-corrected chi connectivity index (χ4v) is 11.8. The van der Waals surface area contributed by atoms with Gasteiger partial charge in [-0.05, 0) is 139 Å². The van der Waals surface area contributed by atoms with Gasteiger partial charge in [0, 0.05) is 59.1 Å². The van der Waals surface area contributed by atoms with E-state index in [1.165, 1.54) is 108 Å². The van der Waals surface area contributed by atoms with Gasteiger partial charge in [-0.3, -0.25) is 0 Å². The Morgan fingerprint density at radius 2 is 0.739 bits per heavy atom. The fraction of sp³-hybridized carbons (Fsp3) is 0. The van der Waals surface area contributed by atoms with E-state index in [9.17, 15) is 0 Å². The lowest BCUT2D eigenvalue weighted by Crippen LogP contribution is -2.09. The van der Waals surface area contributed by atoms with Gasteiger partial charge in [-0.15, -0.1) is 11.3 Å². The largest absolute Gasteiger partial charge is 0.311 e. The van der Waals surface area contributed by atoms with Gasteiger partial charge in [0.15, 0.2) is 0 Å². The molecule has 0 saturated heterocycles. The summed E-state index contributed by atoms with van der Waals surface area (Å²) in [5, 5.41) is 12.7. The maximum atomic E-state index is 2.44. The third-order valence-electron chi connectivity index (χ3n) is 14.2. The summed E-state index contributed by atoms with van der Waals surface area (Å²) in [5.41, 5.74) is 14.0. The Kier molecular flexibility index (Phi) is 9.11. The summed E-state index contributed by atoms with van der Waals surface area (Å²) in [7, 11) is 0. The van der Waals surface area contributed by atoms with Crippen LogP contribution in [-0.2, 0) is 0 Å². The van der Waals surface area contributed by atoms with Crippen molar-refractivity contribution in [1.29, 1.82) is 0 Å². The molecule has 322 valence electrons. The summed E-state index contributed by atoms with van der Waals surface area (Å²) in [5.74, 6) is 0. The van der Waals surface area contributed by atoms with Crippen molar-refractivity contribution in [3.63, 3.8) is 0 Å². The topological polar surface area (TPSA) is 8.17 Å². The number of aromatic nitrogens is 1. The van der Waals surface area contributed by atoms with E-state index in [2.05, 4.69) is 264 Å². The lowest BCUT2D eigenvalue weighted by molar-refractivity contribution is 1.19. The van der Waals surface area contributed by atoms with E-state index in [-0.39, 0.29) is 0 Å². The molecule has 14 aromatic rings. The van der Waals surface area contributed by atoms with E-state index in [0.29, 0.717) is 0 Å². The minimum Gasteiger partial charge on any atom is -0.311 e. The van der Waals surface area contributed by atoms with E-state index in [1.54, 1.807) is 0 Å². The first-order valence-corrected chi connectivity index (χ1v) is 24.5. The molecule has 0 aliphatic rings. The smallest absolute Gasteiger partial charge is 0.0619 e. The Morgan fingerprint density at radius 3 is 1.43 bits per heavy atom. The SMILES string of the molecule is c1ccc(-n2c3cc(-c4ccc(N(c5ccc(-c6ccc7c(ccc8ccccc87)c6)cc5)c5ccc(-c6ccc7sc8ccccc8c7c6)cc5)cc4)ccc3c3ccc4ccccc4c32)cc1. The third-order valence-corrected chi connectivity index (χ3v) is 15.3. The van der Waals surface area contributed by atoms with Crippen LogP contribution in [0.4, 0.5) is 17.1 Å². The lowest BCUT2D eigenvalue weighted by Gasteiger charge is -2.26. The summed E-state index contributed by atoms with van der Waals surface area (Å²) >= 11 is 1.86. The van der Waals surface area contributed by atoms with Crippen molar-refractivity contribution in [3.05, 3.63) is 255 Å². The van der Waals surface area contributed by atoms with Crippen LogP contribution in [-0.4, -0.2) is 4.57 Å². The van der Waals surface area contributed by atoms with Gasteiger partial charge < -0.3 is 9.47 Å². The molecule has 0 aliphatic carbocycles. The highest BCUT2D eigenvalue weighted by Gasteiger charge is 2.18. The zero-order valence-corrected chi connectivity index (χ0v) is 38.4. The van der Waals surface area contributed by atoms with Crippen molar-refractivity contribution in [2.75, 3.05) is 4.90 Å². The van der Waals surface area contributed by atoms with Crippen LogP contribution in [0.2, 0.25) is 0 Å². The number of nitrogens with zero attached hydrogens (tertiary/aromatic N) is 2. The molecule has 2 aromatic heterocycles. The third kappa shape index (κ3) is 6.62. The maximum absolute atomic E-state index is 2.44. The van der Waals surface area contributed by atoms with Crippen molar-refractivity contribution in [2.45, 2.75) is 0 Å². The van der Waals surface area contributed by atoms with Gasteiger partial charge in [0.2, 0.25) is 0 Å². The average molecular weight is 895 g/mol. The zero-order valence-electron chi connectivity index (χ0n) is 37.6. The van der Waals surface area contributed by atoms with Crippen molar-refractivity contribution < 1.29 is 0 Å². The number of anilines is 3. The highest BCUT2D eigenvalue weighted by molar-refractivity contribution is 7.25. The van der Waals surface area contributed by atoms with Crippen LogP contribution in [0.25, 0.3) is 113 Å². The molecule has 0 bridgehead atoms. The van der Waals surface area contributed by atoms with Gasteiger partial charge in [0.1, 0.15) is 0 Å². The highest BCUT2D eigenvalue weighted by atomic mass is 32.1. The van der Waals surface area contributed by atoms with Crippen LogP contribution >= 0.6 is 11.3 Å². The molecule has 2 nitrogen and oxygen atoms in total. The molecule has 0 radical (unpaired) electrons. The molecule has 0 unspecified atom stereocenters. The number of para-hydroxylation sites is 1. The molecule has 0 atom stereocenters. The van der Waals surface area contributed by atoms with E-state index in [0.717, 1.165) is 22.7 Å². The monoisotopic (exact) mass is 894 g/mol. The summed E-state index contributed by atoms with van der Waals surface area (Å²) in [6.07, 6.45) is 0. The summed E-state index contributed by atoms with van der Waals surface area (Å²) < 4.78 is 5.09. The summed E-state index contributed by atoms with van der Waals surface area (Å²) in [4.78, 5) is 2.38. The predicted molar refractivity (Wildman–Crippen MR) is 297 cm³/mol. The molecule has 2 heterocycles. The first kappa shape index (κ1) is 39.4. The van der Waals surface area contributed by atoms with Crippen LogP contribution in [0.15, 0.2) is 255 Å². The minimum absolute atomic E-state index is 1.09. The molecule has 0 amide bonds. The molecule has 14 rings (SSSR count). The van der Waals surface area contributed by atoms with Gasteiger partial charge in [-0.2, -0.15) is 0 Å². The summed E-state index contributed by atoms with van der Waals surface area (Å²) in [6, 6.07) is 93.8. The van der Waals surface area contributed by atoms with Crippen LogP contribution in [0.3, 0.4) is 0 Å². The van der Waals surface area contributed by atoms with E-state index in [4.69, 9.17) is 0 Å². The number of thiophene rings is 1. The summed E-state index contributed by atoms with van der Waals surface area (Å²) in [6.45, 7) is 0. The van der Waals surface area contributed by atoms with Crippen molar-refractivity contribution >= 4 is 103 Å². The van der Waals surface area contributed by atoms with Gasteiger partial charge in [-0.25, -0.2) is 0 Å². The van der Waals surface area contributed by atoms with Crippen molar-refractivity contribution in [3.8, 4) is 39.1 Å². The Bertz CT molecular complexity index is 4280. The second-order valence-electron chi connectivity index (χ2n) is 18.1. The molecule has 0 aliphatic heterocycles. The first-order valence-electron chi connectivity index (χ1n) is 23.6. The highest BCUT2D eigenvalue weighted by Crippen LogP contribution is 2.42. The molecule has 3 heteroatoms. The molecular formula is C66H42N2S.